The van der Waals surface area contributed by atoms with Crippen LogP contribution in [-0.2, 0) is 6.42 Å². The minimum atomic E-state index is 0.292. The summed E-state index contributed by atoms with van der Waals surface area (Å²) in [7, 11) is 0. The molecule has 2 heteroatoms. The van der Waals surface area contributed by atoms with Crippen molar-refractivity contribution in [2.24, 2.45) is 5.41 Å². The molecule has 0 aliphatic carbocycles. The van der Waals surface area contributed by atoms with Crippen LogP contribution >= 0.6 is 0 Å². The van der Waals surface area contributed by atoms with Crippen molar-refractivity contribution in [3.63, 3.8) is 0 Å². The molecule has 2 nitrogen and oxygen atoms in total. The Kier molecular flexibility index (Phi) is 4.77. The lowest BCUT2D eigenvalue weighted by molar-refractivity contribution is 0.233. The maximum Gasteiger partial charge on any atom is 0.0704 e. The summed E-state index contributed by atoms with van der Waals surface area (Å²) < 4.78 is 0. The number of aromatic nitrogens is 1. The molecule has 0 amide bonds. The lowest BCUT2D eigenvalue weighted by Gasteiger charge is -2.34. The van der Waals surface area contributed by atoms with Gasteiger partial charge in [0.05, 0.1) is 5.52 Å². The maximum atomic E-state index is 4.46. The summed E-state index contributed by atoms with van der Waals surface area (Å²) in [4.78, 5) is 4.46. The fourth-order valence-corrected chi connectivity index (χ4v) is 2.67. The number of nitrogens with zero attached hydrogens (tertiary/aromatic N) is 1. The van der Waals surface area contributed by atoms with Crippen molar-refractivity contribution in [3.8, 4) is 0 Å². The molecule has 0 spiro atoms. The Balaban J connectivity index is 2.33. The molecule has 0 radical (unpaired) electrons. The quantitative estimate of drug-likeness (QED) is 0.851. The summed E-state index contributed by atoms with van der Waals surface area (Å²) in [6.45, 7) is 10.2. The van der Waals surface area contributed by atoms with Crippen LogP contribution in [0, 0.1) is 5.41 Å². The van der Waals surface area contributed by atoms with E-state index in [0.29, 0.717) is 11.5 Å². The second-order valence-electron chi connectivity index (χ2n) is 6.14. The number of para-hydroxylation sites is 1. The van der Waals surface area contributed by atoms with Crippen LogP contribution in [0.2, 0.25) is 0 Å². The van der Waals surface area contributed by atoms with Crippen LogP contribution in [0.15, 0.2) is 36.5 Å². The molecule has 1 N–H and O–H groups in total. The van der Waals surface area contributed by atoms with E-state index in [0.717, 1.165) is 18.5 Å². The highest BCUT2D eigenvalue weighted by Gasteiger charge is 2.27. The van der Waals surface area contributed by atoms with Gasteiger partial charge in [-0.1, -0.05) is 45.9 Å². The van der Waals surface area contributed by atoms with Crippen LogP contribution in [-0.4, -0.2) is 17.6 Å². The summed E-state index contributed by atoms with van der Waals surface area (Å²) in [6, 6.07) is 11.1. The minimum Gasteiger partial charge on any atom is -0.313 e. The van der Waals surface area contributed by atoms with Crippen LogP contribution in [0.3, 0.4) is 0 Å². The largest absolute Gasteiger partial charge is 0.313 e. The summed E-state index contributed by atoms with van der Waals surface area (Å²) >= 11 is 0. The van der Waals surface area contributed by atoms with E-state index in [1.165, 1.54) is 17.4 Å². The van der Waals surface area contributed by atoms with Crippen LogP contribution in [0.4, 0.5) is 0 Å². The highest BCUT2D eigenvalue weighted by molar-refractivity contribution is 5.81. The van der Waals surface area contributed by atoms with E-state index in [9.17, 15) is 0 Å². The first kappa shape index (κ1) is 15.0. The number of benzene rings is 1. The third-order valence-corrected chi connectivity index (χ3v) is 4.47. The predicted octanol–water partition coefficient (Wildman–Crippen LogP) is 4.19. The van der Waals surface area contributed by atoms with Gasteiger partial charge in [-0.2, -0.15) is 0 Å². The molecule has 0 fully saturated rings. The first-order chi connectivity index (χ1) is 9.58. The van der Waals surface area contributed by atoms with Gasteiger partial charge >= 0.3 is 0 Å². The smallest absolute Gasteiger partial charge is 0.0704 e. The number of hydrogen-bond donors (Lipinski definition) is 1. The third-order valence-electron chi connectivity index (χ3n) is 4.47. The second kappa shape index (κ2) is 6.36. The lowest BCUT2D eigenvalue weighted by atomic mass is 9.78. The summed E-state index contributed by atoms with van der Waals surface area (Å²) in [5, 5.41) is 4.95. The molecule has 0 saturated heterocycles. The molecule has 2 aromatic rings. The molecule has 1 atom stereocenters. The second-order valence-corrected chi connectivity index (χ2v) is 6.14. The molecular formula is C18H26N2. The van der Waals surface area contributed by atoms with Crippen LogP contribution in [0.25, 0.3) is 10.9 Å². The van der Waals surface area contributed by atoms with Crippen LogP contribution in [0.1, 0.15) is 39.7 Å². The fraction of sp³-hybridized carbons (Fsp3) is 0.500. The lowest BCUT2D eigenvalue weighted by Crippen LogP contribution is -2.43. The van der Waals surface area contributed by atoms with E-state index in [2.05, 4.69) is 68.3 Å². The number of likely N-dealkylation sites (N-methyl/N-ethyl adjacent to an activating group) is 1. The average Bonchev–Trinajstić information content (AvgIpc) is 2.47. The standard InChI is InChI=1S/C18H26N2/c1-5-18(3,4)17(19-6-2)13-14-11-12-20-16-10-8-7-9-15(14)16/h7-12,17,19H,5-6,13H2,1-4H3. The molecule has 0 aliphatic heterocycles. The Morgan fingerprint density at radius 1 is 1.15 bits per heavy atom. The van der Waals surface area contributed by atoms with E-state index < -0.39 is 0 Å². The molecule has 2 rings (SSSR count). The van der Waals surface area contributed by atoms with Gasteiger partial charge in [-0.25, -0.2) is 0 Å². The summed E-state index contributed by atoms with van der Waals surface area (Å²) in [5.41, 5.74) is 2.78. The summed E-state index contributed by atoms with van der Waals surface area (Å²) in [5.74, 6) is 0. The predicted molar refractivity (Wildman–Crippen MR) is 87.0 cm³/mol. The number of pyridine rings is 1. The topological polar surface area (TPSA) is 24.9 Å². The molecule has 0 aliphatic rings. The van der Waals surface area contributed by atoms with Gasteiger partial charge in [-0.15, -0.1) is 0 Å². The van der Waals surface area contributed by atoms with Gasteiger partial charge in [0.15, 0.2) is 0 Å². The molecule has 20 heavy (non-hydrogen) atoms. The number of fused-ring (bicyclic) bond motifs is 1. The van der Waals surface area contributed by atoms with Crippen molar-refractivity contribution in [2.75, 3.05) is 6.54 Å². The van der Waals surface area contributed by atoms with Crippen LogP contribution in [0.5, 0.6) is 0 Å². The van der Waals surface area contributed by atoms with Crippen LogP contribution < -0.4 is 5.32 Å². The zero-order valence-electron chi connectivity index (χ0n) is 13.1. The Hall–Kier alpha value is -1.41. The van der Waals surface area contributed by atoms with Gasteiger partial charge in [0.2, 0.25) is 0 Å². The average molecular weight is 270 g/mol. The first-order valence-corrected chi connectivity index (χ1v) is 7.64. The van der Waals surface area contributed by atoms with Crippen molar-refractivity contribution >= 4 is 10.9 Å². The number of rotatable bonds is 6. The molecule has 1 unspecified atom stereocenters. The van der Waals surface area contributed by atoms with E-state index in [4.69, 9.17) is 0 Å². The van der Waals surface area contributed by atoms with Gasteiger partial charge in [0.25, 0.3) is 0 Å². The number of nitrogens with one attached hydrogen (secondary N) is 1. The molecule has 0 saturated carbocycles. The van der Waals surface area contributed by atoms with E-state index in [-0.39, 0.29) is 0 Å². The number of hydrogen-bond acceptors (Lipinski definition) is 2. The van der Waals surface area contributed by atoms with Crippen molar-refractivity contribution < 1.29 is 0 Å². The summed E-state index contributed by atoms with van der Waals surface area (Å²) in [6.07, 6.45) is 4.16. The van der Waals surface area contributed by atoms with E-state index >= 15 is 0 Å². The third kappa shape index (κ3) is 3.18. The zero-order valence-corrected chi connectivity index (χ0v) is 13.1. The Morgan fingerprint density at radius 3 is 2.60 bits per heavy atom. The zero-order chi connectivity index (χ0) is 14.6. The first-order valence-electron chi connectivity index (χ1n) is 7.64. The Bertz CT molecular complexity index is 555. The van der Waals surface area contributed by atoms with E-state index in [1.807, 2.05) is 6.20 Å². The maximum absolute atomic E-state index is 4.46. The van der Waals surface area contributed by atoms with Gasteiger partial charge in [0.1, 0.15) is 0 Å². The van der Waals surface area contributed by atoms with Crippen molar-refractivity contribution in [1.82, 2.24) is 10.3 Å². The minimum absolute atomic E-state index is 0.292. The molecule has 1 aromatic heterocycles. The van der Waals surface area contributed by atoms with Gasteiger partial charge in [0, 0.05) is 17.6 Å². The molecular weight excluding hydrogens is 244 g/mol. The fourth-order valence-electron chi connectivity index (χ4n) is 2.67. The van der Waals surface area contributed by atoms with E-state index in [1.54, 1.807) is 0 Å². The van der Waals surface area contributed by atoms with Gasteiger partial charge < -0.3 is 5.32 Å². The normalized spacial score (nSPS) is 13.6. The van der Waals surface area contributed by atoms with Crippen molar-refractivity contribution in [1.29, 1.82) is 0 Å². The Labute approximate surface area is 122 Å². The van der Waals surface area contributed by atoms with Gasteiger partial charge in [-0.3, -0.25) is 4.98 Å². The van der Waals surface area contributed by atoms with Crippen molar-refractivity contribution in [3.05, 3.63) is 42.1 Å². The monoisotopic (exact) mass is 270 g/mol. The highest BCUT2D eigenvalue weighted by Crippen LogP contribution is 2.29. The van der Waals surface area contributed by atoms with Gasteiger partial charge in [-0.05, 0) is 42.5 Å². The molecule has 108 valence electrons. The molecule has 1 aromatic carbocycles. The molecule has 0 bridgehead atoms. The SMILES string of the molecule is CCNC(Cc1ccnc2ccccc12)C(C)(C)CC. The molecule has 1 heterocycles. The van der Waals surface area contributed by atoms with Crippen molar-refractivity contribution in [2.45, 2.75) is 46.6 Å². The highest BCUT2D eigenvalue weighted by atomic mass is 14.9. The Morgan fingerprint density at radius 2 is 1.90 bits per heavy atom.